The van der Waals surface area contributed by atoms with Crippen molar-refractivity contribution >= 4 is 33.4 Å². The van der Waals surface area contributed by atoms with Crippen molar-refractivity contribution in [1.82, 2.24) is 19.1 Å². The van der Waals surface area contributed by atoms with Gasteiger partial charge in [0.05, 0.1) is 23.4 Å². The van der Waals surface area contributed by atoms with E-state index in [-0.39, 0.29) is 10.8 Å². The van der Waals surface area contributed by atoms with Crippen LogP contribution >= 0.6 is 11.8 Å². The van der Waals surface area contributed by atoms with Crippen molar-refractivity contribution < 1.29 is 17.9 Å². The molecule has 0 spiro atoms. The van der Waals surface area contributed by atoms with Gasteiger partial charge in [-0.05, 0) is 38.0 Å². The van der Waals surface area contributed by atoms with Crippen LogP contribution in [0.4, 0.5) is 5.69 Å². The van der Waals surface area contributed by atoms with Crippen molar-refractivity contribution in [2.24, 2.45) is 0 Å². The van der Waals surface area contributed by atoms with Crippen molar-refractivity contribution in [2.45, 2.75) is 54.5 Å². The second kappa shape index (κ2) is 9.68. The predicted octanol–water partition coefficient (Wildman–Crippen LogP) is 2.14. The maximum atomic E-state index is 12.9. The highest BCUT2D eigenvalue weighted by Crippen LogP contribution is 2.27. The van der Waals surface area contributed by atoms with Gasteiger partial charge in [-0.3, -0.25) is 4.79 Å². The van der Waals surface area contributed by atoms with E-state index in [1.54, 1.807) is 18.2 Å². The number of amides is 1. The van der Waals surface area contributed by atoms with Gasteiger partial charge in [0.25, 0.3) is 0 Å². The van der Waals surface area contributed by atoms with Crippen LogP contribution in [0.2, 0.25) is 0 Å². The summed E-state index contributed by atoms with van der Waals surface area (Å²) in [5.74, 6) is 0.769. The Balaban J connectivity index is 1.43. The Morgan fingerprint density at radius 1 is 1.16 bits per heavy atom. The van der Waals surface area contributed by atoms with E-state index < -0.39 is 15.3 Å². The molecule has 0 radical (unpaired) electrons. The molecule has 0 bridgehead atoms. The Morgan fingerprint density at radius 2 is 1.97 bits per heavy atom. The molecule has 1 saturated heterocycles. The van der Waals surface area contributed by atoms with Crippen molar-refractivity contribution in [3.05, 3.63) is 30.1 Å². The molecule has 4 rings (SSSR count). The van der Waals surface area contributed by atoms with E-state index in [1.165, 1.54) is 28.6 Å². The molecule has 0 unspecified atom stereocenters. The molecule has 168 valence electrons. The minimum atomic E-state index is -3.62. The Kier molecular flexibility index (Phi) is 6.95. The maximum absolute atomic E-state index is 12.9. The van der Waals surface area contributed by atoms with E-state index in [2.05, 4.69) is 20.1 Å². The van der Waals surface area contributed by atoms with E-state index in [1.807, 2.05) is 6.92 Å². The SMILES string of the molecule is C[C@H](Sc1nnc2n1CCCCC2)C(=O)Nc1cccc(S(=O)(=O)N2CCOCC2)c1. The van der Waals surface area contributed by atoms with Crippen LogP contribution in [-0.2, 0) is 32.5 Å². The van der Waals surface area contributed by atoms with Gasteiger partial charge < -0.3 is 14.6 Å². The molecule has 1 N–H and O–H groups in total. The van der Waals surface area contributed by atoms with E-state index in [0.29, 0.717) is 32.0 Å². The van der Waals surface area contributed by atoms with Crippen LogP contribution in [0, 0.1) is 0 Å². The first-order valence-electron chi connectivity index (χ1n) is 10.5. The lowest BCUT2D eigenvalue weighted by Crippen LogP contribution is -2.40. The summed E-state index contributed by atoms with van der Waals surface area (Å²) in [5.41, 5.74) is 0.451. The molecular formula is C20H27N5O4S2. The third-order valence-electron chi connectivity index (χ3n) is 5.44. The molecule has 0 aliphatic carbocycles. The Morgan fingerprint density at radius 3 is 2.77 bits per heavy atom. The molecule has 2 aliphatic heterocycles. The fourth-order valence-corrected chi connectivity index (χ4v) is 6.02. The van der Waals surface area contributed by atoms with Gasteiger partial charge in [-0.15, -0.1) is 10.2 Å². The van der Waals surface area contributed by atoms with Crippen molar-refractivity contribution in [3.63, 3.8) is 0 Å². The number of carbonyl (C=O) groups is 1. The highest BCUT2D eigenvalue weighted by molar-refractivity contribution is 8.00. The van der Waals surface area contributed by atoms with Crippen LogP contribution < -0.4 is 5.32 Å². The molecule has 1 fully saturated rings. The van der Waals surface area contributed by atoms with Gasteiger partial charge in [-0.1, -0.05) is 24.2 Å². The molecule has 3 heterocycles. The highest BCUT2D eigenvalue weighted by atomic mass is 32.2. The van der Waals surface area contributed by atoms with Crippen molar-refractivity contribution in [3.8, 4) is 0 Å². The van der Waals surface area contributed by atoms with Crippen molar-refractivity contribution in [2.75, 3.05) is 31.6 Å². The van der Waals surface area contributed by atoms with E-state index in [9.17, 15) is 13.2 Å². The third kappa shape index (κ3) is 5.11. The normalized spacial score (nSPS) is 18.7. The second-order valence-corrected chi connectivity index (χ2v) is 10.9. The summed E-state index contributed by atoms with van der Waals surface area (Å²) in [6.45, 7) is 4.12. The van der Waals surface area contributed by atoms with Crippen molar-refractivity contribution in [1.29, 1.82) is 0 Å². The zero-order valence-electron chi connectivity index (χ0n) is 17.5. The molecule has 2 aromatic rings. The van der Waals surface area contributed by atoms with Gasteiger partial charge in [0, 0.05) is 31.7 Å². The summed E-state index contributed by atoms with van der Waals surface area (Å²) in [7, 11) is -3.62. The van der Waals surface area contributed by atoms with E-state index in [0.717, 1.165) is 36.8 Å². The number of anilines is 1. The van der Waals surface area contributed by atoms with Gasteiger partial charge in [0.1, 0.15) is 5.82 Å². The summed E-state index contributed by atoms with van der Waals surface area (Å²) in [5, 5.41) is 11.7. The molecule has 9 nitrogen and oxygen atoms in total. The molecule has 1 aromatic heterocycles. The lowest BCUT2D eigenvalue weighted by molar-refractivity contribution is -0.115. The van der Waals surface area contributed by atoms with Gasteiger partial charge in [-0.2, -0.15) is 4.31 Å². The summed E-state index contributed by atoms with van der Waals surface area (Å²) in [4.78, 5) is 12.9. The number of nitrogens with zero attached hydrogens (tertiary/aromatic N) is 4. The standard InChI is InChI=1S/C20H27N5O4S2/c1-15(30-20-23-22-18-8-3-2-4-9-25(18)20)19(26)21-16-6-5-7-17(14-16)31(27,28)24-10-12-29-13-11-24/h5-7,14-15H,2-4,8-13H2,1H3,(H,21,26)/t15-/m0/s1. The molecule has 1 aromatic carbocycles. The Labute approximate surface area is 186 Å². The molecule has 0 saturated carbocycles. The van der Waals surface area contributed by atoms with Gasteiger partial charge in [0.15, 0.2) is 5.16 Å². The molecule has 11 heteroatoms. The first-order chi connectivity index (χ1) is 14.9. The predicted molar refractivity (Wildman–Crippen MR) is 118 cm³/mol. The smallest absolute Gasteiger partial charge is 0.243 e. The number of benzene rings is 1. The summed E-state index contributed by atoms with van der Waals surface area (Å²) < 4.78 is 34.5. The molecule has 2 aliphatic rings. The van der Waals surface area contributed by atoms with Crippen LogP contribution in [0.15, 0.2) is 34.3 Å². The fraction of sp³-hybridized carbons (Fsp3) is 0.550. The van der Waals surface area contributed by atoms with Gasteiger partial charge >= 0.3 is 0 Å². The number of hydrogen-bond donors (Lipinski definition) is 1. The number of thioether (sulfide) groups is 1. The quantitative estimate of drug-likeness (QED) is 0.652. The number of hydrogen-bond acceptors (Lipinski definition) is 7. The van der Waals surface area contributed by atoms with Crippen LogP contribution in [-0.4, -0.2) is 64.9 Å². The van der Waals surface area contributed by atoms with E-state index in [4.69, 9.17) is 4.74 Å². The monoisotopic (exact) mass is 465 g/mol. The zero-order valence-corrected chi connectivity index (χ0v) is 19.1. The second-order valence-electron chi connectivity index (χ2n) is 7.65. The number of aryl methyl sites for hydroxylation is 1. The first-order valence-corrected chi connectivity index (χ1v) is 12.8. The number of sulfonamides is 1. The van der Waals surface area contributed by atoms with Gasteiger partial charge in [0.2, 0.25) is 15.9 Å². The van der Waals surface area contributed by atoms with Gasteiger partial charge in [-0.25, -0.2) is 8.42 Å². The van der Waals surface area contributed by atoms with Crippen LogP contribution in [0.25, 0.3) is 0 Å². The van der Waals surface area contributed by atoms with Crippen LogP contribution in [0.5, 0.6) is 0 Å². The third-order valence-corrected chi connectivity index (χ3v) is 8.41. The molecule has 1 amide bonds. The van der Waals surface area contributed by atoms with Crippen LogP contribution in [0.1, 0.15) is 32.0 Å². The average Bonchev–Trinajstić information content (AvgIpc) is 3.00. The fourth-order valence-electron chi connectivity index (χ4n) is 3.67. The number of rotatable bonds is 6. The summed E-state index contributed by atoms with van der Waals surface area (Å²) in [6.07, 6.45) is 4.29. The summed E-state index contributed by atoms with van der Waals surface area (Å²) >= 11 is 1.37. The topological polar surface area (TPSA) is 106 Å². The average molecular weight is 466 g/mol. The lowest BCUT2D eigenvalue weighted by atomic mass is 10.2. The number of ether oxygens (including phenoxy) is 1. The largest absolute Gasteiger partial charge is 0.379 e. The zero-order chi connectivity index (χ0) is 21.8. The van der Waals surface area contributed by atoms with Crippen LogP contribution in [0.3, 0.4) is 0 Å². The number of carbonyl (C=O) groups excluding carboxylic acids is 1. The molecular weight excluding hydrogens is 438 g/mol. The highest BCUT2D eigenvalue weighted by Gasteiger charge is 2.27. The number of fused-ring (bicyclic) bond motifs is 1. The minimum absolute atomic E-state index is 0.162. The Hall–Kier alpha value is -1.95. The summed E-state index contributed by atoms with van der Waals surface area (Å²) in [6, 6.07) is 6.38. The number of aromatic nitrogens is 3. The first kappa shape index (κ1) is 22.3. The van der Waals surface area contributed by atoms with E-state index >= 15 is 0 Å². The Bertz CT molecular complexity index is 1030. The minimum Gasteiger partial charge on any atom is -0.379 e. The molecule has 31 heavy (non-hydrogen) atoms. The molecule has 1 atom stereocenters. The maximum Gasteiger partial charge on any atom is 0.243 e. The lowest BCUT2D eigenvalue weighted by Gasteiger charge is -2.26. The number of nitrogens with one attached hydrogen (secondary N) is 1. The number of morpholine rings is 1.